The van der Waals surface area contributed by atoms with Crippen molar-refractivity contribution in [2.45, 2.75) is 19.3 Å². The molecule has 1 saturated heterocycles. The molecule has 0 radical (unpaired) electrons. The van der Waals surface area contributed by atoms with E-state index in [0.29, 0.717) is 6.54 Å². The van der Waals surface area contributed by atoms with Crippen LogP contribution in [0.1, 0.15) is 28.0 Å². The fourth-order valence-corrected chi connectivity index (χ4v) is 3.71. The second-order valence-electron chi connectivity index (χ2n) is 6.49. The van der Waals surface area contributed by atoms with Crippen molar-refractivity contribution in [3.8, 4) is 0 Å². The normalized spacial score (nSPS) is 17.8. The molecule has 2 heterocycles. The molecule has 126 valence electrons. The number of hydrogen-bond donors (Lipinski definition) is 1. The van der Waals surface area contributed by atoms with Gasteiger partial charge in [-0.05, 0) is 30.9 Å². The Balaban J connectivity index is 1.53. The Morgan fingerprint density at radius 3 is 2.92 bits per heavy atom. The molecule has 24 heavy (non-hydrogen) atoms. The highest BCUT2D eigenvalue weighted by atomic mass is 16.5. The fourth-order valence-electron chi connectivity index (χ4n) is 3.71. The first-order chi connectivity index (χ1) is 11.8. The molecule has 2 aromatic rings. The van der Waals surface area contributed by atoms with E-state index in [1.54, 1.807) is 0 Å². The van der Waals surface area contributed by atoms with Crippen molar-refractivity contribution < 1.29 is 9.53 Å². The van der Waals surface area contributed by atoms with E-state index < -0.39 is 0 Å². The zero-order valence-electron chi connectivity index (χ0n) is 13.9. The molecule has 1 aromatic carbocycles. The lowest BCUT2D eigenvalue weighted by Crippen LogP contribution is -2.41. The van der Waals surface area contributed by atoms with Gasteiger partial charge in [0.1, 0.15) is 0 Å². The van der Waals surface area contributed by atoms with Crippen LogP contribution < -0.4 is 5.32 Å². The quantitative estimate of drug-likeness (QED) is 0.931. The van der Waals surface area contributed by atoms with Crippen molar-refractivity contribution in [1.29, 1.82) is 0 Å². The first-order valence-corrected chi connectivity index (χ1v) is 8.82. The number of rotatable bonds is 4. The van der Waals surface area contributed by atoms with E-state index in [1.165, 1.54) is 0 Å². The molecule has 2 aliphatic rings. The maximum absolute atomic E-state index is 12.9. The van der Waals surface area contributed by atoms with Gasteiger partial charge in [-0.3, -0.25) is 14.7 Å². The van der Waals surface area contributed by atoms with Crippen LogP contribution >= 0.6 is 0 Å². The topological polar surface area (TPSA) is 54.5 Å². The molecule has 1 aromatic heterocycles. The van der Waals surface area contributed by atoms with Crippen LogP contribution in [0.5, 0.6) is 0 Å². The predicted octanol–water partition coefficient (Wildman–Crippen LogP) is 1.79. The molecule has 1 N–H and O–H groups in total. The number of aryl methyl sites for hydroxylation is 1. The average Bonchev–Trinajstić information content (AvgIpc) is 3.08. The van der Waals surface area contributed by atoms with Gasteiger partial charge in [0.2, 0.25) is 0 Å². The number of morpholine rings is 1. The molecule has 1 amide bonds. The van der Waals surface area contributed by atoms with E-state index in [1.807, 2.05) is 24.3 Å². The Labute approximate surface area is 142 Å². The van der Waals surface area contributed by atoms with Crippen LogP contribution in [0.3, 0.4) is 0 Å². The third kappa shape index (κ3) is 3.01. The summed E-state index contributed by atoms with van der Waals surface area (Å²) in [7, 11) is 0. The van der Waals surface area contributed by atoms with E-state index in [0.717, 1.165) is 79.8 Å². The summed E-state index contributed by atoms with van der Waals surface area (Å²) in [5.41, 5.74) is 4.02. The van der Waals surface area contributed by atoms with Crippen molar-refractivity contribution in [1.82, 2.24) is 15.2 Å². The highest BCUT2D eigenvalue weighted by Gasteiger charge is 2.23. The number of fused-ring (bicyclic) bond motifs is 2. The van der Waals surface area contributed by atoms with Crippen molar-refractivity contribution in [3.63, 3.8) is 0 Å². The summed E-state index contributed by atoms with van der Waals surface area (Å²) in [6.07, 6.45) is 3.03. The van der Waals surface area contributed by atoms with Gasteiger partial charge < -0.3 is 10.1 Å². The lowest BCUT2D eigenvalue weighted by atomic mass is 10.0. The molecular weight excluding hydrogens is 302 g/mol. The second-order valence-corrected chi connectivity index (χ2v) is 6.49. The van der Waals surface area contributed by atoms with Crippen LogP contribution in [-0.4, -0.2) is 55.2 Å². The minimum Gasteiger partial charge on any atom is -0.379 e. The number of nitrogens with zero attached hydrogens (tertiary/aromatic N) is 2. The van der Waals surface area contributed by atoms with E-state index in [2.05, 4.69) is 10.2 Å². The fraction of sp³-hybridized carbons (Fsp3) is 0.474. The van der Waals surface area contributed by atoms with Crippen LogP contribution in [0, 0.1) is 0 Å². The number of ether oxygens (including phenoxy) is 1. The van der Waals surface area contributed by atoms with Crippen molar-refractivity contribution in [3.05, 3.63) is 41.1 Å². The molecular formula is C19H23N3O2. The first kappa shape index (κ1) is 15.5. The number of carbonyl (C=O) groups excluding carboxylic acids is 1. The monoisotopic (exact) mass is 325 g/mol. The second kappa shape index (κ2) is 6.87. The first-order valence-electron chi connectivity index (χ1n) is 8.82. The maximum atomic E-state index is 12.9. The maximum Gasteiger partial charge on any atom is 0.252 e. The predicted molar refractivity (Wildman–Crippen MR) is 93.4 cm³/mol. The van der Waals surface area contributed by atoms with Gasteiger partial charge in [0.15, 0.2) is 0 Å². The standard InChI is InChI=1S/C19H23N3O2/c23-19(20-8-9-22-10-12-24-13-11-22)18-14-4-1-2-6-16(14)21-17-7-3-5-15(17)18/h1-2,4,6H,3,5,7-13H2,(H,20,23). The highest BCUT2D eigenvalue weighted by molar-refractivity contribution is 6.07. The van der Waals surface area contributed by atoms with Crippen LogP contribution in [0.2, 0.25) is 0 Å². The van der Waals surface area contributed by atoms with E-state index in [-0.39, 0.29) is 5.91 Å². The third-order valence-electron chi connectivity index (χ3n) is 4.96. The molecule has 0 spiro atoms. The van der Waals surface area contributed by atoms with Gasteiger partial charge in [0, 0.05) is 37.3 Å². The molecule has 1 aliphatic carbocycles. The molecule has 0 saturated carbocycles. The van der Waals surface area contributed by atoms with Crippen LogP contribution in [0.25, 0.3) is 10.9 Å². The smallest absolute Gasteiger partial charge is 0.252 e. The van der Waals surface area contributed by atoms with Crippen molar-refractivity contribution >= 4 is 16.8 Å². The van der Waals surface area contributed by atoms with Gasteiger partial charge >= 0.3 is 0 Å². The molecule has 5 nitrogen and oxygen atoms in total. The molecule has 1 fully saturated rings. The lowest BCUT2D eigenvalue weighted by molar-refractivity contribution is 0.0383. The number of aromatic nitrogens is 1. The molecule has 0 atom stereocenters. The van der Waals surface area contributed by atoms with Gasteiger partial charge in [0.05, 0.1) is 24.3 Å². The summed E-state index contributed by atoms with van der Waals surface area (Å²) in [4.78, 5) is 20.0. The Hall–Kier alpha value is -1.98. The summed E-state index contributed by atoms with van der Waals surface area (Å²) < 4.78 is 5.36. The highest BCUT2D eigenvalue weighted by Crippen LogP contribution is 2.29. The summed E-state index contributed by atoms with van der Waals surface area (Å²) in [6, 6.07) is 7.98. The Bertz CT molecular complexity index is 754. The van der Waals surface area contributed by atoms with E-state index in [4.69, 9.17) is 9.72 Å². The van der Waals surface area contributed by atoms with Crippen LogP contribution in [0.15, 0.2) is 24.3 Å². The summed E-state index contributed by atoms with van der Waals surface area (Å²) in [6.45, 7) is 5.02. The molecule has 0 unspecified atom stereocenters. The third-order valence-corrected chi connectivity index (χ3v) is 4.96. The number of carbonyl (C=O) groups is 1. The lowest BCUT2D eigenvalue weighted by Gasteiger charge is -2.26. The van der Waals surface area contributed by atoms with Gasteiger partial charge in [-0.25, -0.2) is 0 Å². The number of nitrogens with one attached hydrogen (secondary N) is 1. The average molecular weight is 325 g/mol. The zero-order chi connectivity index (χ0) is 16.4. The van der Waals surface area contributed by atoms with Gasteiger partial charge in [0.25, 0.3) is 5.91 Å². The van der Waals surface area contributed by atoms with Crippen LogP contribution in [-0.2, 0) is 17.6 Å². The minimum absolute atomic E-state index is 0.0417. The molecule has 4 rings (SSSR count). The summed E-state index contributed by atoms with van der Waals surface area (Å²) in [5.74, 6) is 0.0417. The number of benzene rings is 1. The zero-order valence-corrected chi connectivity index (χ0v) is 13.9. The van der Waals surface area contributed by atoms with E-state index >= 15 is 0 Å². The number of hydrogen-bond acceptors (Lipinski definition) is 4. The van der Waals surface area contributed by atoms with Gasteiger partial charge in [-0.15, -0.1) is 0 Å². The van der Waals surface area contributed by atoms with Gasteiger partial charge in [-0.1, -0.05) is 18.2 Å². The SMILES string of the molecule is O=C(NCCN1CCOCC1)c1c2c(nc3ccccc13)CCC2. The molecule has 5 heteroatoms. The number of pyridine rings is 1. The molecule has 1 aliphatic heterocycles. The number of amides is 1. The Morgan fingerprint density at radius 2 is 2.04 bits per heavy atom. The summed E-state index contributed by atoms with van der Waals surface area (Å²) in [5, 5.41) is 4.09. The Morgan fingerprint density at radius 1 is 1.21 bits per heavy atom. The number of para-hydroxylation sites is 1. The molecule has 0 bridgehead atoms. The van der Waals surface area contributed by atoms with Crippen molar-refractivity contribution in [2.24, 2.45) is 0 Å². The minimum atomic E-state index is 0.0417. The van der Waals surface area contributed by atoms with Crippen LogP contribution in [0.4, 0.5) is 0 Å². The van der Waals surface area contributed by atoms with E-state index in [9.17, 15) is 4.79 Å². The van der Waals surface area contributed by atoms with Gasteiger partial charge in [-0.2, -0.15) is 0 Å². The summed E-state index contributed by atoms with van der Waals surface area (Å²) >= 11 is 0. The van der Waals surface area contributed by atoms with Crippen molar-refractivity contribution in [2.75, 3.05) is 39.4 Å². The Kier molecular flexibility index (Phi) is 4.45. The largest absolute Gasteiger partial charge is 0.379 e.